The molecule has 2 bridgehead atoms. The van der Waals surface area contributed by atoms with Crippen molar-refractivity contribution in [3.8, 4) is 11.5 Å². The molecule has 1 aromatic heterocycles. The molecule has 1 saturated carbocycles. The number of piperazine rings is 1. The molecule has 1 saturated heterocycles. The highest BCUT2D eigenvalue weighted by atomic mass is 35.5. The molecular formula is C34H41ClN4O3S. The van der Waals surface area contributed by atoms with E-state index in [0.29, 0.717) is 13.2 Å². The highest BCUT2D eigenvalue weighted by Crippen LogP contribution is 2.39. The lowest BCUT2D eigenvalue weighted by Crippen LogP contribution is -2.60. The van der Waals surface area contributed by atoms with E-state index < -0.39 is 0 Å². The molecular weight excluding hydrogens is 580 g/mol. The van der Waals surface area contributed by atoms with Crippen molar-refractivity contribution < 1.29 is 14.3 Å². The smallest absolute Gasteiger partial charge is 0.252 e. The monoisotopic (exact) mass is 620 g/mol. The van der Waals surface area contributed by atoms with E-state index in [1.165, 1.54) is 4.88 Å². The van der Waals surface area contributed by atoms with Crippen molar-refractivity contribution >= 4 is 34.4 Å². The van der Waals surface area contributed by atoms with Crippen LogP contribution in [0.25, 0.3) is 5.57 Å². The quantitative estimate of drug-likeness (QED) is 0.292. The van der Waals surface area contributed by atoms with Gasteiger partial charge < -0.3 is 25.0 Å². The number of benzene rings is 2. The zero-order valence-electron chi connectivity index (χ0n) is 25.7. The minimum Gasteiger partial charge on any atom is -0.496 e. The maximum absolute atomic E-state index is 14.5. The van der Waals surface area contributed by atoms with E-state index in [1.807, 2.05) is 38.1 Å². The van der Waals surface area contributed by atoms with Gasteiger partial charge >= 0.3 is 0 Å². The maximum Gasteiger partial charge on any atom is 0.252 e. The predicted octanol–water partition coefficient (Wildman–Crippen LogP) is 5.94. The van der Waals surface area contributed by atoms with Gasteiger partial charge in [-0.15, -0.1) is 11.3 Å². The Morgan fingerprint density at radius 1 is 1.14 bits per heavy atom. The summed E-state index contributed by atoms with van der Waals surface area (Å²) in [5.41, 5.74) is 7.25. The van der Waals surface area contributed by atoms with Gasteiger partial charge in [-0.1, -0.05) is 23.7 Å². The Labute approximate surface area is 263 Å². The van der Waals surface area contributed by atoms with Gasteiger partial charge in [-0.25, -0.2) is 4.98 Å². The fourth-order valence-electron chi connectivity index (χ4n) is 6.35. The van der Waals surface area contributed by atoms with Crippen LogP contribution in [0.4, 0.5) is 0 Å². The molecule has 2 atom stereocenters. The molecule has 2 fully saturated rings. The molecule has 1 aliphatic carbocycles. The van der Waals surface area contributed by atoms with Crippen molar-refractivity contribution in [3.05, 3.63) is 78.8 Å². The zero-order valence-corrected chi connectivity index (χ0v) is 27.3. The Morgan fingerprint density at radius 2 is 1.91 bits per heavy atom. The van der Waals surface area contributed by atoms with E-state index in [2.05, 4.69) is 35.4 Å². The normalized spacial score (nSPS) is 19.9. The zero-order chi connectivity index (χ0) is 30.2. The Hall–Kier alpha value is -2.91. The number of nitrogens with one attached hydrogen (secondary N) is 2. The first kappa shape index (κ1) is 30.1. The summed E-state index contributed by atoms with van der Waals surface area (Å²) in [5.74, 6) is 1.82. The minimum atomic E-state index is -0.0324. The lowest BCUT2D eigenvalue weighted by molar-refractivity contribution is -0.128. The molecule has 9 heteroatoms. The molecule has 43 heavy (non-hydrogen) atoms. The van der Waals surface area contributed by atoms with Crippen LogP contribution in [0, 0.1) is 27.7 Å². The Balaban J connectivity index is 1.27. The first-order valence-corrected chi connectivity index (χ1v) is 16.4. The molecule has 3 aromatic rings. The molecule has 2 aliphatic heterocycles. The van der Waals surface area contributed by atoms with Crippen LogP contribution in [0.15, 0.2) is 35.9 Å². The number of halogens is 1. The fourth-order valence-corrected chi connectivity index (χ4v) is 7.57. The average Bonchev–Trinajstić information content (AvgIpc) is 3.76. The summed E-state index contributed by atoms with van der Waals surface area (Å²) in [4.78, 5) is 22.9. The number of ether oxygens (including phenoxy) is 2. The molecule has 3 heterocycles. The molecule has 2 N–H and O–H groups in total. The summed E-state index contributed by atoms with van der Waals surface area (Å²) in [7, 11) is 1.70. The number of rotatable bonds is 10. The van der Waals surface area contributed by atoms with E-state index in [0.717, 1.165) is 99.4 Å². The number of amides is 1. The molecule has 3 aliphatic rings. The van der Waals surface area contributed by atoms with Crippen LogP contribution in [-0.4, -0.2) is 60.7 Å². The summed E-state index contributed by atoms with van der Waals surface area (Å²) in [6, 6.07) is 10.6. The SMILES string of the molecule is COc1cccc(CN(C(=O)C2=C(c3nc(C)c(CCOc4cc(C)c(Cl)c(C)c4)s3)CC3CNC[C@H]2N3)C2CC2)c1C. The topological polar surface area (TPSA) is 75.7 Å². The molecule has 228 valence electrons. The van der Waals surface area contributed by atoms with Gasteiger partial charge in [0.25, 0.3) is 5.91 Å². The predicted molar refractivity (Wildman–Crippen MR) is 173 cm³/mol. The fraction of sp³-hybridized carbons (Fsp3) is 0.471. The number of methoxy groups -OCH3 is 1. The largest absolute Gasteiger partial charge is 0.496 e. The third-order valence-electron chi connectivity index (χ3n) is 8.89. The molecule has 0 radical (unpaired) electrons. The summed E-state index contributed by atoms with van der Waals surface area (Å²) in [6.45, 7) is 10.9. The van der Waals surface area contributed by atoms with E-state index in [4.69, 9.17) is 26.1 Å². The Kier molecular flexibility index (Phi) is 8.83. The van der Waals surface area contributed by atoms with Crippen LogP contribution >= 0.6 is 22.9 Å². The summed E-state index contributed by atoms with van der Waals surface area (Å²) < 4.78 is 11.7. The number of fused-ring (bicyclic) bond motifs is 2. The van der Waals surface area contributed by atoms with Crippen LogP contribution in [0.1, 0.15) is 57.1 Å². The molecule has 6 rings (SSSR count). The Morgan fingerprint density at radius 3 is 2.63 bits per heavy atom. The number of aromatic nitrogens is 1. The first-order chi connectivity index (χ1) is 20.7. The second-order valence-electron chi connectivity index (χ2n) is 12.1. The van der Waals surface area contributed by atoms with E-state index in [1.54, 1.807) is 18.4 Å². The molecule has 7 nitrogen and oxygen atoms in total. The summed E-state index contributed by atoms with van der Waals surface area (Å²) >= 11 is 8.05. The third-order valence-corrected chi connectivity index (χ3v) is 10.8. The van der Waals surface area contributed by atoms with Crippen LogP contribution in [-0.2, 0) is 17.8 Å². The summed E-state index contributed by atoms with van der Waals surface area (Å²) in [6.07, 6.45) is 3.64. The van der Waals surface area contributed by atoms with Gasteiger partial charge in [-0.2, -0.15) is 0 Å². The average molecular weight is 621 g/mol. The number of aryl methyl sites for hydroxylation is 3. The molecule has 1 amide bonds. The van der Waals surface area contributed by atoms with Gasteiger partial charge in [-0.3, -0.25) is 4.79 Å². The molecule has 1 unspecified atom stereocenters. The number of carbonyl (C=O) groups is 1. The van der Waals surface area contributed by atoms with Gasteiger partial charge in [0.2, 0.25) is 0 Å². The Bertz CT molecular complexity index is 1540. The van der Waals surface area contributed by atoms with Crippen LogP contribution in [0.2, 0.25) is 5.02 Å². The number of hydrogen-bond donors (Lipinski definition) is 2. The second-order valence-corrected chi connectivity index (χ2v) is 13.5. The molecule has 2 aromatic carbocycles. The number of carbonyl (C=O) groups excluding carboxylic acids is 1. The van der Waals surface area contributed by atoms with Crippen molar-refractivity contribution in [2.45, 2.75) is 78.0 Å². The van der Waals surface area contributed by atoms with Crippen LogP contribution < -0.4 is 20.1 Å². The number of hydrogen-bond acceptors (Lipinski definition) is 7. The second kappa shape index (κ2) is 12.6. The van der Waals surface area contributed by atoms with Gasteiger partial charge in [0.1, 0.15) is 16.5 Å². The van der Waals surface area contributed by atoms with Crippen LogP contribution in [0.3, 0.4) is 0 Å². The number of nitrogens with zero attached hydrogens (tertiary/aromatic N) is 2. The van der Waals surface area contributed by atoms with Crippen LogP contribution in [0.5, 0.6) is 11.5 Å². The van der Waals surface area contributed by atoms with Gasteiger partial charge in [0.05, 0.1) is 25.5 Å². The van der Waals surface area contributed by atoms with E-state index in [9.17, 15) is 4.79 Å². The van der Waals surface area contributed by atoms with Crippen molar-refractivity contribution in [2.75, 3.05) is 26.8 Å². The molecule has 0 spiro atoms. The maximum atomic E-state index is 14.5. The third kappa shape index (κ3) is 6.34. The number of thiazole rings is 1. The van der Waals surface area contributed by atoms with Gasteiger partial charge in [0.15, 0.2) is 0 Å². The van der Waals surface area contributed by atoms with Crippen molar-refractivity contribution in [2.24, 2.45) is 0 Å². The van der Waals surface area contributed by atoms with Gasteiger partial charge in [-0.05, 0) is 93.0 Å². The standard InChI is InChI=1S/C34H41ClN4O3S/c1-19-13-26(14-20(2)32(19)35)42-12-11-30-22(4)37-33(43-30)27-15-24-16-36-17-28(38-24)31(27)34(40)39(25-9-10-25)18-23-7-6-8-29(41-5)21(23)3/h6-8,13-14,24-25,28,36,38H,9-12,15-18H2,1-5H3/t24?,28-/m1/s1. The lowest BCUT2D eigenvalue weighted by atomic mass is 9.87. The van der Waals surface area contributed by atoms with E-state index >= 15 is 0 Å². The lowest BCUT2D eigenvalue weighted by Gasteiger charge is -2.40. The highest BCUT2D eigenvalue weighted by Gasteiger charge is 2.41. The highest BCUT2D eigenvalue weighted by molar-refractivity contribution is 7.12. The minimum absolute atomic E-state index is 0.0324. The van der Waals surface area contributed by atoms with Crippen molar-refractivity contribution in [1.29, 1.82) is 0 Å². The van der Waals surface area contributed by atoms with Gasteiger partial charge in [0, 0.05) is 53.6 Å². The summed E-state index contributed by atoms with van der Waals surface area (Å²) in [5, 5.41) is 9.04. The van der Waals surface area contributed by atoms with Crippen molar-refractivity contribution in [1.82, 2.24) is 20.5 Å². The first-order valence-electron chi connectivity index (χ1n) is 15.2. The van der Waals surface area contributed by atoms with Crippen molar-refractivity contribution in [3.63, 3.8) is 0 Å². The van der Waals surface area contributed by atoms with E-state index in [-0.39, 0.29) is 24.0 Å².